The number of hydrogen-bond acceptors (Lipinski definition) is 4. The zero-order valence-electron chi connectivity index (χ0n) is 9.56. The summed E-state index contributed by atoms with van der Waals surface area (Å²) < 4.78 is 11.2. The monoisotopic (exact) mass is 233 g/mol. The Kier molecular flexibility index (Phi) is 3.02. The van der Waals surface area contributed by atoms with E-state index in [4.69, 9.17) is 9.47 Å². The Labute approximate surface area is 99.1 Å². The van der Waals surface area contributed by atoms with Crippen LogP contribution in [0.3, 0.4) is 0 Å². The van der Waals surface area contributed by atoms with Crippen molar-refractivity contribution >= 4 is 11.0 Å². The van der Waals surface area contributed by atoms with Crippen LogP contribution in [0.4, 0.5) is 0 Å². The minimum Gasteiger partial charge on any atom is -0.353 e. The number of nitrogens with zero attached hydrogens (tertiary/aromatic N) is 2. The molecule has 0 amide bonds. The molecule has 17 heavy (non-hydrogen) atoms. The molecule has 1 aliphatic rings. The van der Waals surface area contributed by atoms with Crippen LogP contribution in [0.25, 0.3) is 11.0 Å². The number of fused-ring (bicyclic) bond motifs is 1. The van der Waals surface area contributed by atoms with E-state index < -0.39 is 0 Å². The van der Waals surface area contributed by atoms with Gasteiger partial charge < -0.3 is 9.47 Å². The zero-order valence-corrected chi connectivity index (χ0v) is 9.56. The standard InChI is InChI=1S/C12H15N3O2/c1-2-7-16-11(5-1)17-8-10-9-4-3-6-13-12(9)15-14-10/h3-4,6,11H,1-2,5,7-8H2,(H,13,14,15). The van der Waals surface area contributed by atoms with Crippen molar-refractivity contribution < 1.29 is 9.47 Å². The van der Waals surface area contributed by atoms with Crippen molar-refractivity contribution in [2.24, 2.45) is 0 Å². The Hall–Kier alpha value is -1.46. The Morgan fingerprint density at radius 1 is 1.47 bits per heavy atom. The van der Waals surface area contributed by atoms with Crippen molar-refractivity contribution in [3.8, 4) is 0 Å². The van der Waals surface area contributed by atoms with Gasteiger partial charge in [0.05, 0.1) is 12.3 Å². The third-order valence-electron chi connectivity index (χ3n) is 2.96. The highest BCUT2D eigenvalue weighted by atomic mass is 16.7. The fraction of sp³-hybridized carbons (Fsp3) is 0.500. The molecule has 0 aromatic carbocycles. The first-order valence-electron chi connectivity index (χ1n) is 5.94. The number of H-pyrrole nitrogens is 1. The quantitative estimate of drug-likeness (QED) is 0.880. The van der Waals surface area contributed by atoms with E-state index in [-0.39, 0.29) is 6.29 Å². The Morgan fingerprint density at radius 3 is 3.35 bits per heavy atom. The Bertz CT molecular complexity index is 491. The zero-order chi connectivity index (χ0) is 11.5. The van der Waals surface area contributed by atoms with E-state index in [0.717, 1.165) is 36.2 Å². The molecule has 5 nitrogen and oxygen atoms in total. The van der Waals surface area contributed by atoms with Crippen LogP contribution < -0.4 is 0 Å². The second kappa shape index (κ2) is 4.81. The molecule has 1 fully saturated rings. The topological polar surface area (TPSA) is 60.0 Å². The minimum absolute atomic E-state index is 0.0706. The highest BCUT2D eigenvalue weighted by molar-refractivity contribution is 5.77. The smallest absolute Gasteiger partial charge is 0.181 e. The van der Waals surface area contributed by atoms with Crippen molar-refractivity contribution in [3.63, 3.8) is 0 Å². The molecule has 1 saturated heterocycles. The summed E-state index contributed by atoms with van der Waals surface area (Å²) in [6.45, 7) is 1.29. The lowest BCUT2D eigenvalue weighted by atomic mass is 10.2. The first-order chi connectivity index (χ1) is 8.43. The highest BCUT2D eigenvalue weighted by Gasteiger charge is 2.15. The molecule has 2 aromatic heterocycles. The summed E-state index contributed by atoms with van der Waals surface area (Å²) in [5.74, 6) is 0. The first-order valence-corrected chi connectivity index (χ1v) is 5.94. The van der Waals surface area contributed by atoms with Gasteiger partial charge in [-0.25, -0.2) is 4.98 Å². The molecule has 0 saturated carbocycles. The van der Waals surface area contributed by atoms with Gasteiger partial charge in [-0.2, -0.15) is 5.10 Å². The van der Waals surface area contributed by atoms with Gasteiger partial charge in [-0.1, -0.05) is 0 Å². The lowest BCUT2D eigenvalue weighted by Gasteiger charge is -2.22. The number of nitrogens with one attached hydrogen (secondary N) is 1. The Balaban J connectivity index is 1.68. The van der Waals surface area contributed by atoms with E-state index >= 15 is 0 Å². The van der Waals surface area contributed by atoms with Gasteiger partial charge in [0.1, 0.15) is 0 Å². The molecule has 3 rings (SSSR count). The SMILES string of the molecule is c1cnc2n[nH]c(COC3CCCCO3)c2c1. The normalized spacial score (nSPS) is 20.8. The summed E-state index contributed by atoms with van der Waals surface area (Å²) >= 11 is 0. The predicted molar refractivity (Wildman–Crippen MR) is 62.3 cm³/mol. The average Bonchev–Trinajstić information content (AvgIpc) is 2.81. The third kappa shape index (κ3) is 2.30. The van der Waals surface area contributed by atoms with Gasteiger partial charge in [0.2, 0.25) is 0 Å². The summed E-state index contributed by atoms with van der Waals surface area (Å²) in [4.78, 5) is 4.17. The molecule has 0 spiro atoms. The van der Waals surface area contributed by atoms with E-state index in [1.165, 1.54) is 6.42 Å². The van der Waals surface area contributed by atoms with E-state index in [0.29, 0.717) is 6.61 Å². The fourth-order valence-corrected chi connectivity index (χ4v) is 2.03. The van der Waals surface area contributed by atoms with E-state index in [1.54, 1.807) is 6.20 Å². The van der Waals surface area contributed by atoms with Crippen LogP contribution in [0.5, 0.6) is 0 Å². The van der Waals surface area contributed by atoms with Crippen LogP contribution >= 0.6 is 0 Å². The molecule has 5 heteroatoms. The summed E-state index contributed by atoms with van der Waals surface area (Å²) in [5.41, 5.74) is 1.69. The minimum atomic E-state index is -0.0706. The van der Waals surface area contributed by atoms with Gasteiger partial charge in [0, 0.05) is 18.2 Å². The van der Waals surface area contributed by atoms with Gasteiger partial charge >= 0.3 is 0 Å². The van der Waals surface area contributed by atoms with Gasteiger partial charge in [0.15, 0.2) is 11.9 Å². The number of rotatable bonds is 3. The summed E-state index contributed by atoms with van der Waals surface area (Å²) in [7, 11) is 0. The van der Waals surface area contributed by atoms with Crippen molar-refractivity contribution in [3.05, 3.63) is 24.0 Å². The fourth-order valence-electron chi connectivity index (χ4n) is 2.03. The number of ether oxygens (including phenoxy) is 2. The molecule has 3 heterocycles. The number of hydrogen-bond donors (Lipinski definition) is 1. The molecule has 1 aliphatic heterocycles. The molecule has 1 N–H and O–H groups in total. The molecular formula is C12H15N3O2. The summed E-state index contributed by atoms with van der Waals surface area (Å²) in [6, 6.07) is 3.89. The van der Waals surface area contributed by atoms with Crippen LogP contribution in [0.1, 0.15) is 25.0 Å². The van der Waals surface area contributed by atoms with Gasteiger partial charge in [0.25, 0.3) is 0 Å². The van der Waals surface area contributed by atoms with Crippen LogP contribution in [-0.4, -0.2) is 28.1 Å². The molecule has 0 bridgehead atoms. The van der Waals surface area contributed by atoms with Crippen molar-refractivity contribution in [1.82, 2.24) is 15.2 Å². The van der Waals surface area contributed by atoms with E-state index in [1.807, 2.05) is 12.1 Å². The number of pyridine rings is 1. The maximum Gasteiger partial charge on any atom is 0.181 e. The maximum absolute atomic E-state index is 5.71. The summed E-state index contributed by atoms with van der Waals surface area (Å²) in [6.07, 6.45) is 4.95. The molecule has 1 atom stereocenters. The lowest BCUT2D eigenvalue weighted by molar-refractivity contribution is -0.169. The van der Waals surface area contributed by atoms with Gasteiger partial charge in [-0.15, -0.1) is 0 Å². The number of aromatic amines is 1. The van der Waals surface area contributed by atoms with Crippen LogP contribution in [-0.2, 0) is 16.1 Å². The largest absolute Gasteiger partial charge is 0.353 e. The van der Waals surface area contributed by atoms with Crippen LogP contribution in [0.2, 0.25) is 0 Å². The Morgan fingerprint density at radius 2 is 2.47 bits per heavy atom. The first kappa shape index (κ1) is 10.7. The van der Waals surface area contributed by atoms with Crippen LogP contribution in [0, 0.1) is 0 Å². The summed E-state index contributed by atoms with van der Waals surface area (Å²) in [5, 5.41) is 8.10. The van der Waals surface area contributed by atoms with Gasteiger partial charge in [-0.05, 0) is 31.4 Å². The van der Waals surface area contributed by atoms with E-state index in [2.05, 4.69) is 15.2 Å². The van der Waals surface area contributed by atoms with Crippen molar-refractivity contribution in [2.45, 2.75) is 32.2 Å². The second-order valence-electron chi connectivity index (χ2n) is 4.18. The molecule has 1 unspecified atom stereocenters. The highest BCUT2D eigenvalue weighted by Crippen LogP contribution is 2.18. The molecule has 0 aliphatic carbocycles. The third-order valence-corrected chi connectivity index (χ3v) is 2.96. The second-order valence-corrected chi connectivity index (χ2v) is 4.18. The molecule has 0 radical (unpaired) electrons. The van der Waals surface area contributed by atoms with E-state index in [9.17, 15) is 0 Å². The van der Waals surface area contributed by atoms with Crippen LogP contribution in [0.15, 0.2) is 18.3 Å². The molecule has 2 aromatic rings. The molecule has 90 valence electrons. The predicted octanol–water partition coefficient (Wildman–Crippen LogP) is 2.00. The molecular weight excluding hydrogens is 218 g/mol. The maximum atomic E-state index is 5.71. The van der Waals surface area contributed by atoms with Gasteiger partial charge in [-0.3, -0.25) is 5.10 Å². The van der Waals surface area contributed by atoms with Crippen molar-refractivity contribution in [1.29, 1.82) is 0 Å². The van der Waals surface area contributed by atoms with Crippen molar-refractivity contribution in [2.75, 3.05) is 6.61 Å². The lowest BCUT2D eigenvalue weighted by Crippen LogP contribution is -2.22. The average molecular weight is 233 g/mol. The number of aromatic nitrogens is 3.